The van der Waals surface area contributed by atoms with Gasteiger partial charge in [-0.25, -0.2) is 0 Å². The Labute approximate surface area is 137 Å². The molecule has 0 aromatic heterocycles. The van der Waals surface area contributed by atoms with Crippen LogP contribution in [0.25, 0.3) is 0 Å². The van der Waals surface area contributed by atoms with Crippen molar-refractivity contribution < 1.29 is 14.6 Å². The molecule has 2 N–H and O–H groups in total. The van der Waals surface area contributed by atoms with Gasteiger partial charge in [-0.2, -0.15) is 0 Å². The third-order valence-corrected chi connectivity index (χ3v) is 3.40. The van der Waals surface area contributed by atoms with Crippen LogP contribution in [0.1, 0.15) is 42.7 Å². The van der Waals surface area contributed by atoms with E-state index in [9.17, 15) is 9.90 Å². The van der Waals surface area contributed by atoms with Crippen molar-refractivity contribution >= 4 is 5.91 Å². The first-order valence-electron chi connectivity index (χ1n) is 7.78. The second-order valence-electron chi connectivity index (χ2n) is 6.02. The minimum Gasteiger partial charge on any atom is -0.508 e. The van der Waals surface area contributed by atoms with E-state index in [2.05, 4.69) is 19.2 Å². The summed E-state index contributed by atoms with van der Waals surface area (Å²) in [5.74, 6) is 1.14. The van der Waals surface area contributed by atoms with Crippen molar-refractivity contribution in [2.24, 2.45) is 5.92 Å². The first kappa shape index (κ1) is 16.9. The third-order valence-electron chi connectivity index (χ3n) is 3.40. The lowest BCUT2D eigenvalue weighted by molar-refractivity contribution is 0.0939. The summed E-state index contributed by atoms with van der Waals surface area (Å²) >= 11 is 0. The van der Waals surface area contributed by atoms with Crippen LogP contribution in [-0.2, 0) is 0 Å². The summed E-state index contributed by atoms with van der Waals surface area (Å²) in [5.41, 5.74) is 1.41. The molecule has 0 spiro atoms. The highest BCUT2D eigenvalue weighted by atomic mass is 16.5. The van der Waals surface area contributed by atoms with Crippen LogP contribution in [0.15, 0.2) is 48.5 Å². The van der Waals surface area contributed by atoms with Crippen LogP contribution in [0.5, 0.6) is 11.5 Å². The number of hydrogen-bond acceptors (Lipinski definition) is 3. The lowest BCUT2D eigenvalue weighted by Gasteiger charge is -2.15. The Morgan fingerprint density at radius 3 is 2.57 bits per heavy atom. The highest BCUT2D eigenvalue weighted by molar-refractivity contribution is 5.94. The summed E-state index contributed by atoms with van der Waals surface area (Å²) in [6.07, 6.45) is 0. The van der Waals surface area contributed by atoms with Gasteiger partial charge in [-0.1, -0.05) is 32.0 Å². The van der Waals surface area contributed by atoms with E-state index in [4.69, 9.17) is 4.74 Å². The summed E-state index contributed by atoms with van der Waals surface area (Å²) < 4.78 is 5.65. The van der Waals surface area contributed by atoms with Crippen LogP contribution < -0.4 is 10.1 Å². The minimum atomic E-state index is -0.199. The Morgan fingerprint density at radius 2 is 1.87 bits per heavy atom. The molecule has 0 aliphatic heterocycles. The fourth-order valence-corrected chi connectivity index (χ4v) is 2.15. The standard InChI is InChI=1S/C19H23NO3/c1-13(2)12-23-18-9-5-7-16(11-18)19(22)20-14(3)15-6-4-8-17(21)10-15/h4-11,13-14,21H,12H2,1-3H3,(H,20,22). The van der Waals surface area contributed by atoms with Crippen LogP contribution in [0, 0.1) is 5.92 Å². The number of phenolic OH excluding ortho intramolecular Hbond substituents is 1. The van der Waals surface area contributed by atoms with Crippen LogP contribution in [-0.4, -0.2) is 17.6 Å². The van der Waals surface area contributed by atoms with Crippen molar-refractivity contribution in [2.45, 2.75) is 26.8 Å². The van der Waals surface area contributed by atoms with Crippen LogP contribution in [0.2, 0.25) is 0 Å². The maximum Gasteiger partial charge on any atom is 0.251 e. The molecule has 0 saturated heterocycles. The van der Waals surface area contributed by atoms with Crippen molar-refractivity contribution in [3.8, 4) is 11.5 Å². The molecule has 4 heteroatoms. The summed E-state index contributed by atoms with van der Waals surface area (Å²) in [6.45, 7) is 6.65. The van der Waals surface area contributed by atoms with Gasteiger partial charge in [-0.3, -0.25) is 4.79 Å². The predicted octanol–water partition coefficient (Wildman–Crippen LogP) is 3.92. The summed E-state index contributed by atoms with van der Waals surface area (Å²) in [7, 11) is 0. The highest BCUT2D eigenvalue weighted by Gasteiger charge is 2.12. The molecule has 2 aromatic carbocycles. The van der Waals surface area contributed by atoms with Gasteiger partial charge < -0.3 is 15.2 Å². The summed E-state index contributed by atoms with van der Waals surface area (Å²) in [4.78, 5) is 12.4. The summed E-state index contributed by atoms with van der Waals surface area (Å²) in [5, 5.41) is 12.5. The van der Waals surface area contributed by atoms with Gasteiger partial charge >= 0.3 is 0 Å². The first-order chi connectivity index (χ1) is 11.0. The SMILES string of the molecule is CC(C)COc1cccc(C(=O)NC(C)c2cccc(O)c2)c1. The Bertz CT molecular complexity index is 667. The first-order valence-corrected chi connectivity index (χ1v) is 7.78. The molecular weight excluding hydrogens is 290 g/mol. The number of aromatic hydroxyl groups is 1. The fourth-order valence-electron chi connectivity index (χ4n) is 2.15. The second kappa shape index (κ2) is 7.68. The van der Waals surface area contributed by atoms with Gasteiger partial charge in [0.1, 0.15) is 11.5 Å². The third kappa shape index (κ3) is 5.02. The minimum absolute atomic E-state index is 0.171. The van der Waals surface area contributed by atoms with E-state index in [0.717, 1.165) is 5.56 Å². The Hall–Kier alpha value is -2.49. The van der Waals surface area contributed by atoms with Gasteiger partial charge in [-0.15, -0.1) is 0 Å². The average Bonchev–Trinajstić information content (AvgIpc) is 2.53. The largest absolute Gasteiger partial charge is 0.508 e. The van der Waals surface area contributed by atoms with Crippen LogP contribution >= 0.6 is 0 Å². The smallest absolute Gasteiger partial charge is 0.251 e. The molecule has 0 aliphatic carbocycles. The van der Waals surface area contributed by atoms with Gasteiger partial charge in [0.15, 0.2) is 0 Å². The molecule has 1 amide bonds. The van der Waals surface area contributed by atoms with Gasteiger partial charge in [0.2, 0.25) is 0 Å². The van der Waals surface area contributed by atoms with Crippen molar-refractivity contribution in [1.82, 2.24) is 5.32 Å². The maximum absolute atomic E-state index is 12.4. The van der Waals surface area contributed by atoms with E-state index in [1.165, 1.54) is 0 Å². The number of phenols is 1. The molecule has 0 saturated carbocycles. The fraction of sp³-hybridized carbons (Fsp3) is 0.316. The molecule has 0 fully saturated rings. The predicted molar refractivity (Wildman–Crippen MR) is 90.8 cm³/mol. The Morgan fingerprint density at radius 1 is 1.13 bits per heavy atom. The van der Waals surface area contributed by atoms with Gasteiger partial charge in [0, 0.05) is 5.56 Å². The second-order valence-corrected chi connectivity index (χ2v) is 6.02. The lowest BCUT2D eigenvalue weighted by atomic mass is 10.1. The number of hydrogen-bond donors (Lipinski definition) is 2. The number of carbonyl (C=O) groups excluding carboxylic acids is 1. The topological polar surface area (TPSA) is 58.6 Å². The molecule has 2 rings (SSSR count). The maximum atomic E-state index is 12.4. The normalized spacial score (nSPS) is 12.0. The van der Waals surface area contributed by atoms with Crippen molar-refractivity contribution in [2.75, 3.05) is 6.61 Å². The van der Waals surface area contributed by atoms with E-state index >= 15 is 0 Å². The molecule has 4 nitrogen and oxygen atoms in total. The Balaban J connectivity index is 2.04. The number of nitrogens with one attached hydrogen (secondary N) is 1. The molecule has 2 aromatic rings. The number of rotatable bonds is 6. The van der Waals surface area contributed by atoms with Crippen molar-refractivity contribution in [1.29, 1.82) is 0 Å². The van der Waals surface area contributed by atoms with Crippen LogP contribution in [0.3, 0.4) is 0 Å². The van der Waals surface area contributed by atoms with Gasteiger partial charge in [-0.05, 0) is 48.7 Å². The molecule has 1 unspecified atom stereocenters. The number of amides is 1. The Kier molecular flexibility index (Phi) is 5.63. The van der Waals surface area contributed by atoms with E-state index in [1.807, 2.05) is 25.1 Å². The van der Waals surface area contributed by atoms with Gasteiger partial charge in [0.25, 0.3) is 5.91 Å². The van der Waals surface area contributed by atoms with Gasteiger partial charge in [0.05, 0.1) is 12.6 Å². The number of benzene rings is 2. The van der Waals surface area contributed by atoms with E-state index in [1.54, 1.807) is 30.3 Å². The zero-order valence-corrected chi connectivity index (χ0v) is 13.7. The van der Waals surface area contributed by atoms with E-state index in [0.29, 0.717) is 23.8 Å². The van der Waals surface area contributed by atoms with Crippen molar-refractivity contribution in [3.63, 3.8) is 0 Å². The highest BCUT2D eigenvalue weighted by Crippen LogP contribution is 2.19. The monoisotopic (exact) mass is 313 g/mol. The zero-order valence-electron chi connectivity index (χ0n) is 13.7. The van der Waals surface area contributed by atoms with E-state index < -0.39 is 0 Å². The van der Waals surface area contributed by atoms with Crippen LogP contribution in [0.4, 0.5) is 0 Å². The average molecular weight is 313 g/mol. The molecule has 0 aliphatic rings. The number of ether oxygens (including phenoxy) is 1. The summed E-state index contributed by atoms with van der Waals surface area (Å²) in [6, 6.07) is 13.8. The number of carbonyl (C=O) groups is 1. The molecule has 23 heavy (non-hydrogen) atoms. The molecule has 0 heterocycles. The van der Waals surface area contributed by atoms with Crippen molar-refractivity contribution in [3.05, 3.63) is 59.7 Å². The lowest BCUT2D eigenvalue weighted by Crippen LogP contribution is -2.26. The molecule has 122 valence electrons. The quantitative estimate of drug-likeness (QED) is 0.850. The zero-order chi connectivity index (χ0) is 16.8. The molecule has 0 bridgehead atoms. The molecule has 1 atom stereocenters. The molecule has 0 radical (unpaired) electrons. The molecular formula is C19H23NO3. The van der Waals surface area contributed by atoms with E-state index in [-0.39, 0.29) is 17.7 Å².